The van der Waals surface area contributed by atoms with E-state index in [0.29, 0.717) is 5.69 Å². The van der Waals surface area contributed by atoms with Crippen LogP contribution in [0.25, 0.3) is 0 Å². The lowest BCUT2D eigenvalue weighted by Gasteiger charge is -2.31. The molecule has 0 saturated carbocycles. The minimum absolute atomic E-state index is 0.0515. The second kappa shape index (κ2) is 6.06. The van der Waals surface area contributed by atoms with Crippen molar-refractivity contribution in [1.82, 2.24) is 4.90 Å². The summed E-state index contributed by atoms with van der Waals surface area (Å²) in [4.78, 5) is 14.5. The molecular weight excluding hydrogens is 238 g/mol. The molecule has 2 rings (SSSR count). The molecule has 4 nitrogen and oxygen atoms in total. The Balaban J connectivity index is 2.01. The van der Waals surface area contributed by atoms with Gasteiger partial charge in [-0.25, -0.2) is 0 Å². The van der Waals surface area contributed by atoms with Gasteiger partial charge in [0.05, 0.1) is 6.04 Å². The lowest BCUT2D eigenvalue weighted by molar-refractivity contribution is -0.121. The molecule has 0 bridgehead atoms. The molecule has 1 saturated heterocycles. The molecule has 3 N–H and O–H groups in total. The standard InChI is InChI=1S/C15H23N3O/c1-11-6-7-13(16)10-14(11)17-15(19)12(2)18-8-4-3-5-9-18/h6-7,10,12H,3-5,8-9,16H2,1-2H3,(H,17,19). The van der Waals surface area contributed by atoms with Gasteiger partial charge in [-0.1, -0.05) is 12.5 Å². The zero-order chi connectivity index (χ0) is 13.8. The predicted molar refractivity (Wildman–Crippen MR) is 79.1 cm³/mol. The molecule has 0 aromatic heterocycles. The molecule has 19 heavy (non-hydrogen) atoms. The van der Waals surface area contributed by atoms with Crippen LogP contribution in [0.5, 0.6) is 0 Å². The van der Waals surface area contributed by atoms with E-state index in [4.69, 9.17) is 5.73 Å². The molecular formula is C15H23N3O. The van der Waals surface area contributed by atoms with Crippen LogP contribution in [0.1, 0.15) is 31.7 Å². The Bertz CT molecular complexity index is 453. The topological polar surface area (TPSA) is 58.4 Å². The van der Waals surface area contributed by atoms with Crippen molar-refractivity contribution in [3.8, 4) is 0 Å². The Kier molecular flexibility index (Phi) is 4.43. The number of nitrogens with zero attached hydrogens (tertiary/aromatic N) is 1. The summed E-state index contributed by atoms with van der Waals surface area (Å²) in [6.45, 7) is 5.98. The van der Waals surface area contributed by atoms with E-state index in [0.717, 1.165) is 24.3 Å². The lowest BCUT2D eigenvalue weighted by atomic mass is 10.1. The molecule has 0 aliphatic carbocycles. The molecule has 1 amide bonds. The number of rotatable bonds is 3. The number of nitrogen functional groups attached to an aromatic ring is 1. The van der Waals surface area contributed by atoms with Crippen LogP contribution >= 0.6 is 0 Å². The molecule has 0 radical (unpaired) electrons. The van der Waals surface area contributed by atoms with Crippen molar-refractivity contribution >= 4 is 17.3 Å². The Hall–Kier alpha value is -1.55. The number of aryl methyl sites for hydroxylation is 1. The molecule has 1 aliphatic rings. The van der Waals surface area contributed by atoms with Crippen LogP contribution in [0.3, 0.4) is 0 Å². The number of anilines is 2. The first-order valence-corrected chi connectivity index (χ1v) is 6.99. The summed E-state index contributed by atoms with van der Waals surface area (Å²) in [6, 6.07) is 5.51. The number of benzene rings is 1. The molecule has 1 fully saturated rings. The summed E-state index contributed by atoms with van der Waals surface area (Å²) >= 11 is 0. The molecule has 1 unspecified atom stereocenters. The number of nitrogens with one attached hydrogen (secondary N) is 1. The number of hydrogen-bond donors (Lipinski definition) is 2. The van der Waals surface area contributed by atoms with Crippen molar-refractivity contribution in [1.29, 1.82) is 0 Å². The van der Waals surface area contributed by atoms with E-state index in [1.807, 2.05) is 32.0 Å². The highest BCUT2D eigenvalue weighted by atomic mass is 16.2. The lowest BCUT2D eigenvalue weighted by Crippen LogP contribution is -2.44. The Morgan fingerprint density at radius 3 is 2.68 bits per heavy atom. The molecule has 104 valence electrons. The van der Waals surface area contributed by atoms with Crippen LogP contribution in [-0.4, -0.2) is 29.9 Å². The quantitative estimate of drug-likeness (QED) is 0.821. The van der Waals surface area contributed by atoms with Crippen LogP contribution in [-0.2, 0) is 4.79 Å². The third-order valence-electron chi connectivity index (χ3n) is 3.84. The van der Waals surface area contributed by atoms with E-state index >= 15 is 0 Å². The van der Waals surface area contributed by atoms with Crippen molar-refractivity contribution < 1.29 is 4.79 Å². The van der Waals surface area contributed by atoms with Gasteiger partial charge in [-0.15, -0.1) is 0 Å². The summed E-state index contributed by atoms with van der Waals surface area (Å²) in [7, 11) is 0. The number of amides is 1. The first-order valence-electron chi connectivity index (χ1n) is 6.99. The summed E-state index contributed by atoms with van der Waals surface area (Å²) in [5.74, 6) is 0.0515. The van der Waals surface area contributed by atoms with E-state index < -0.39 is 0 Å². The average Bonchev–Trinajstić information content (AvgIpc) is 2.43. The van der Waals surface area contributed by atoms with Gasteiger partial charge in [0.15, 0.2) is 0 Å². The van der Waals surface area contributed by atoms with Crippen molar-refractivity contribution in [2.24, 2.45) is 0 Å². The third kappa shape index (κ3) is 3.47. The monoisotopic (exact) mass is 261 g/mol. The highest BCUT2D eigenvalue weighted by molar-refractivity contribution is 5.95. The largest absolute Gasteiger partial charge is 0.399 e. The Morgan fingerprint density at radius 2 is 2.00 bits per heavy atom. The molecule has 1 aromatic rings. The van der Waals surface area contributed by atoms with Crippen LogP contribution < -0.4 is 11.1 Å². The second-order valence-electron chi connectivity index (χ2n) is 5.34. The van der Waals surface area contributed by atoms with Gasteiger partial charge in [-0.3, -0.25) is 9.69 Å². The van der Waals surface area contributed by atoms with E-state index in [1.54, 1.807) is 0 Å². The number of nitrogens with two attached hydrogens (primary N) is 1. The fourth-order valence-electron chi connectivity index (χ4n) is 2.48. The van der Waals surface area contributed by atoms with Crippen LogP contribution in [0.15, 0.2) is 18.2 Å². The maximum Gasteiger partial charge on any atom is 0.241 e. The van der Waals surface area contributed by atoms with Gasteiger partial charge in [0, 0.05) is 11.4 Å². The summed E-state index contributed by atoms with van der Waals surface area (Å²) in [6.07, 6.45) is 3.66. The van der Waals surface area contributed by atoms with Gasteiger partial charge in [0.2, 0.25) is 5.91 Å². The van der Waals surface area contributed by atoms with Crippen molar-refractivity contribution in [3.05, 3.63) is 23.8 Å². The summed E-state index contributed by atoms with van der Waals surface area (Å²) in [5, 5.41) is 2.99. The fourth-order valence-corrected chi connectivity index (χ4v) is 2.48. The van der Waals surface area contributed by atoms with Gasteiger partial charge in [0.25, 0.3) is 0 Å². The molecule has 0 spiro atoms. The Labute approximate surface area is 115 Å². The predicted octanol–water partition coefficient (Wildman–Crippen LogP) is 2.39. The van der Waals surface area contributed by atoms with Crippen LogP contribution in [0, 0.1) is 6.92 Å². The minimum Gasteiger partial charge on any atom is -0.399 e. The van der Waals surface area contributed by atoms with Crippen LogP contribution in [0.2, 0.25) is 0 Å². The van der Waals surface area contributed by atoms with Gasteiger partial charge in [0.1, 0.15) is 0 Å². The zero-order valence-corrected chi connectivity index (χ0v) is 11.8. The van der Waals surface area contributed by atoms with Gasteiger partial charge < -0.3 is 11.1 Å². The fraction of sp³-hybridized carbons (Fsp3) is 0.533. The van der Waals surface area contributed by atoms with E-state index in [2.05, 4.69) is 10.2 Å². The molecule has 4 heteroatoms. The maximum absolute atomic E-state index is 12.3. The summed E-state index contributed by atoms with van der Waals surface area (Å²) < 4.78 is 0. The number of carbonyl (C=O) groups is 1. The van der Waals surface area contributed by atoms with E-state index in [9.17, 15) is 4.79 Å². The first kappa shape index (κ1) is 13.9. The number of hydrogen-bond acceptors (Lipinski definition) is 3. The maximum atomic E-state index is 12.3. The highest BCUT2D eigenvalue weighted by Gasteiger charge is 2.23. The second-order valence-corrected chi connectivity index (χ2v) is 5.34. The zero-order valence-electron chi connectivity index (χ0n) is 11.8. The average molecular weight is 261 g/mol. The number of carbonyl (C=O) groups excluding carboxylic acids is 1. The number of piperidine rings is 1. The van der Waals surface area contributed by atoms with Gasteiger partial charge in [-0.2, -0.15) is 0 Å². The molecule has 1 atom stereocenters. The summed E-state index contributed by atoms with van der Waals surface area (Å²) in [5.41, 5.74) is 8.28. The van der Waals surface area contributed by atoms with E-state index in [-0.39, 0.29) is 11.9 Å². The van der Waals surface area contributed by atoms with E-state index in [1.165, 1.54) is 19.3 Å². The van der Waals surface area contributed by atoms with Gasteiger partial charge >= 0.3 is 0 Å². The normalized spacial score (nSPS) is 18.0. The molecule has 1 aliphatic heterocycles. The van der Waals surface area contributed by atoms with Crippen LogP contribution in [0.4, 0.5) is 11.4 Å². The SMILES string of the molecule is Cc1ccc(N)cc1NC(=O)C(C)N1CCCCC1. The highest BCUT2D eigenvalue weighted by Crippen LogP contribution is 2.19. The smallest absolute Gasteiger partial charge is 0.241 e. The third-order valence-corrected chi connectivity index (χ3v) is 3.84. The molecule has 1 aromatic carbocycles. The van der Waals surface area contributed by atoms with Crippen molar-refractivity contribution in [2.75, 3.05) is 24.1 Å². The molecule has 1 heterocycles. The number of likely N-dealkylation sites (tertiary alicyclic amines) is 1. The van der Waals surface area contributed by atoms with Crippen molar-refractivity contribution in [2.45, 2.75) is 39.2 Å². The minimum atomic E-state index is -0.0823. The van der Waals surface area contributed by atoms with Gasteiger partial charge in [-0.05, 0) is 57.5 Å². The van der Waals surface area contributed by atoms with Crippen molar-refractivity contribution in [3.63, 3.8) is 0 Å². The first-order chi connectivity index (χ1) is 9.08. The Morgan fingerprint density at radius 1 is 1.32 bits per heavy atom.